The first-order valence-electron chi connectivity index (χ1n) is 8.39. The molecule has 2 aromatic carbocycles. The maximum atomic E-state index is 12.6. The second kappa shape index (κ2) is 8.69. The molecular weight excluding hydrogens is 339 g/mol. The molecule has 2 aromatic rings. The van der Waals surface area contributed by atoms with Crippen molar-refractivity contribution in [3.05, 3.63) is 64.7 Å². The molecule has 5 nitrogen and oxygen atoms in total. The molecule has 0 saturated heterocycles. The summed E-state index contributed by atoms with van der Waals surface area (Å²) in [5, 5.41) is 0. The summed E-state index contributed by atoms with van der Waals surface area (Å²) in [6, 6.07) is 11.7. The summed E-state index contributed by atoms with van der Waals surface area (Å²) in [6.07, 6.45) is 0. The van der Waals surface area contributed by atoms with Crippen LogP contribution in [0.2, 0.25) is 0 Å². The van der Waals surface area contributed by atoms with Gasteiger partial charge in [0, 0.05) is 22.3 Å². The zero-order valence-electron chi connectivity index (χ0n) is 14.2. The Morgan fingerprint density at radius 2 is 1.27 bits per heavy atom. The third-order valence-electron chi connectivity index (χ3n) is 3.99. The van der Waals surface area contributed by atoms with Crippen molar-refractivity contribution in [3.63, 3.8) is 0 Å². The third-order valence-corrected chi connectivity index (χ3v) is 3.99. The van der Waals surface area contributed by atoms with Gasteiger partial charge in [0.15, 0.2) is 11.6 Å². The van der Waals surface area contributed by atoms with Gasteiger partial charge in [0.2, 0.25) is 0 Å². The van der Waals surface area contributed by atoms with Crippen LogP contribution in [0, 0.1) is 0 Å². The number of ether oxygens (including phenoxy) is 3. The molecule has 0 aliphatic heterocycles. The van der Waals surface area contributed by atoms with Gasteiger partial charge in [-0.2, -0.15) is 0 Å². The Morgan fingerprint density at radius 1 is 0.692 bits per heavy atom. The van der Waals surface area contributed by atoms with E-state index < -0.39 is 6.67 Å². The normalized spacial score (nSPS) is 12.7. The number of hydrogen-bond donors (Lipinski definition) is 0. The van der Waals surface area contributed by atoms with Crippen LogP contribution in [-0.2, 0) is 9.47 Å². The number of fused-ring (bicyclic) bond motifs is 2. The predicted molar refractivity (Wildman–Crippen MR) is 92.9 cm³/mol. The van der Waals surface area contributed by atoms with Crippen LogP contribution in [0.25, 0.3) is 0 Å². The van der Waals surface area contributed by atoms with E-state index in [0.29, 0.717) is 54.4 Å². The lowest BCUT2D eigenvalue weighted by Crippen LogP contribution is -2.20. The summed E-state index contributed by atoms with van der Waals surface area (Å²) >= 11 is 0. The number of rotatable bonds is 9. The zero-order valence-corrected chi connectivity index (χ0v) is 14.2. The number of benzene rings is 2. The molecule has 6 heteroatoms. The Balaban J connectivity index is 1.58. The van der Waals surface area contributed by atoms with Crippen molar-refractivity contribution in [1.29, 1.82) is 0 Å². The van der Waals surface area contributed by atoms with Gasteiger partial charge in [0.05, 0.1) is 26.4 Å². The molecule has 1 aliphatic carbocycles. The largest absolute Gasteiger partial charge is 0.491 e. The maximum absolute atomic E-state index is 12.6. The zero-order chi connectivity index (χ0) is 18.4. The summed E-state index contributed by atoms with van der Waals surface area (Å²) in [5.41, 5.74) is 1.59. The lowest BCUT2D eigenvalue weighted by molar-refractivity contribution is 0.0325. The molecular formula is C20H19FO5. The minimum Gasteiger partial charge on any atom is -0.491 e. The molecule has 0 atom stereocenters. The van der Waals surface area contributed by atoms with Gasteiger partial charge < -0.3 is 14.2 Å². The molecule has 1 aliphatic rings. The van der Waals surface area contributed by atoms with Gasteiger partial charge in [-0.05, 0) is 18.2 Å². The standard InChI is InChI=1S/C20H19FO5/c21-7-8-24-9-10-25-11-12-26-14-5-6-17-18(13-14)20(23)16-4-2-1-3-15(16)19(17)22/h1-6,13H,7-12H2. The molecule has 0 amide bonds. The quantitative estimate of drug-likeness (QED) is 0.551. The van der Waals surface area contributed by atoms with E-state index in [9.17, 15) is 14.0 Å². The highest BCUT2D eigenvalue weighted by Crippen LogP contribution is 2.29. The van der Waals surface area contributed by atoms with Crippen molar-refractivity contribution >= 4 is 11.6 Å². The first-order valence-corrected chi connectivity index (χ1v) is 8.39. The Hall–Kier alpha value is -2.57. The fourth-order valence-corrected chi connectivity index (χ4v) is 2.76. The number of alkyl halides is 1. The van der Waals surface area contributed by atoms with Crippen molar-refractivity contribution in [2.75, 3.05) is 39.7 Å². The molecule has 0 bridgehead atoms. The molecule has 0 N–H and O–H groups in total. The van der Waals surface area contributed by atoms with Gasteiger partial charge in [0.25, 0.3) is 0 Å². The van der Waals surface area contributed by atoms with E-state index in [0.717, 1.165) is 0 Å². The van der Waals surface area contributed by atoms with Gasteiger partial charge in [-0.15, -0.1) is 0 Å². The SMILES string of the molecule is O=C1c2ccccc2C(=O)c2cc(OCCOCCOCCF)ccc21. The molecule has 0 spiro atoms. The number of halogens is 1. The van der Waals surface area contributed by atoms with Crippen LogP contribution in [0.1, 0.15) is 31.8 Å². The number of ketones is 2. The molecule has 26 heavy (non-hydrogen) atoms. The summed E-state index contributed by atoms with van der Waals surface area (Å²) in [5.74, 6) is 0.168. The summed E-state index contributed by atoms with van der Waals surface area (Å²) in [6.45, 7) is 0.889. The summed E-state index contributed by atoms with van der Waals surface area (Å²) in [4.78, 5) is 25.2. The molecule has 136 valence electrons. The fourth-order valence-electron chi connectivity index (χ4n) is 2.76. The van der Waals surface area contributed by atoms with Crippen molar-refractivity contribution in [1.82, 2.24) is 0 Å². The van der Waals surface area contributed by atoms with Crippen LogP contribution >= 0.6 is 0 Å². The third kappa shape index (κ3) is 3.98. The smallest absolute Gasteiger partial charge is 0.194 e. The first-order chi connectivity index (χ1) is 12.7. The van der Waals surface area contributed by atoms with Crippen molar-refractivity contribution in [2.24, 2.45) is 0 Å². The first kappa shape index (κ1) is 18.2. The monoisotopic (exact) mass is 358 g/mol. The molecule has 0 saturated carbocycles. The second-order valence-corrected chi connectivity index (χ2v) is 5.67. The maximum Gasteiger partial charge on any atom is 0.194 e. The van der Waals surface area contributed by atoms with Crippen LogP contribution in [0.4, 0.5) is 4.39 Å². The van der Waals surface area contributed by atoms with E-state index in [-0.39, 0.29) is 18.2 Å². The van der Waals surface area contributed by atoms with Crippen LogP contribution in [-0.4, -0.2) is 51.3 Å². The highest BCUT2D eigenvalue weighted by Gasteiger charge is 2.29. The number of carbonyl (C=O) groups excluding carboxylic acids is 2. The average molecular weight is 358 g/mol. The molecule has 0 aromatic heterocycles. The number of carbonyl (C=O) groups is 2. The van der Waals surface area contributed by atoms with Gasteiger partial charge in [-0.25, -0.2) is 4.39 Å². The molecule has 0 unspecified atom stereocenters. The number of hydrogen-bond acceptors (Lipinski definition) is 5. The van der Waals surface area contributed by atoms with Gasteiger partial charge in [0.1, 0.15) is 19.0 Å². The molecule has 0 heterocycles. The van der Waals surface area contributed by atoms with E-state index in [1.807, 2.05) is 0 Å². The molecule has 0 radical (unpaired) electrons. The van der Waals surface area contributed by atoms with Crippen LogP contribution in [0.3, 0.4) is 0 Å². The van der Waals surface area contributed by atoms with Gasteiger partial charge >= 0.3 is 0 Å². The Bertz CT molecular complexity index is 803. The Kier molecular flexibility index (Phi) is 6.09. The minimum atomic E-state index is -0.507. The van der Waals surface area contributed by atoms with Crippen molar-refractivity contribution in [2.45, 2.75) is 0 Å². The highest BCUT2D eigenvalue weighted by atomic mass is 19.1. The summed E-state index contributed by atoms with van der Waals surface area (Å²) < 4.78 is 27.7. The Morgan fingerprint density at radius 3 is 1.96 bits per heavy atom. The van der Waals surface area contributed by atoms with Crippen LogP contribution < -0.4 is 4.74 Å². The van der Waals surface area contributed by atoms with Gasteiger partial charge in [-0.1, -0.05) is 24.3 Å². The molecule has 0 fully saturated rings. The van der Waals surface area contributed by atoms with Gasteiger partial charge in [-0.3, -0.25) is 9.59 Å². The van der Waals surface area contributed by atoms with E-state index in [1.54, 1.807) is 42.5 Å². The Labute approximate surface area is 150 Å². The molecule has 3 rings (SSSR count). The average Bonchev–Trinajstić information content (AvgIpc) is 2.68. The van der Waals surface area contributed by atoms with Crippen molar-refractivity contribution in [3.8, 4) is 5.75 Å². The topological polar surface area (TPSA) is 61.8 Å². The van der Waals surface area contributed by atoms with E-state index in [2.05, 4.69) is 0 Å². The van der Waals surface area contributed by atoms with E-state index in [4.69, 9.17) is 14.2 Å². The van der Waals surface area contributed by atoms with E-state index in [1.165, 1.54) is 0 Å². The van der Waals surface area contributed by atoms with Crippen LogP contribution in [0.5, 0.6) is 5.75 Å². The van der Waals surface area contributed by atoms with Crippen molar-refractivity contribution < 1.29 is 28.2 Å². The van der Waals surface area contributed by atoms with E-state index >= 15 is 0 Å². The predicted octanol–water partition coefficient (Wildman–Crippen LogP) is 2.84. The fraction of sp³-hybridized carbons (Fsp3) is 0.300. The second-order valence-electron chi connectivity index (χ2n) is 5.67. The van der Waals surface area contributed by atoms with Crippen LogP contribution in [0.15, 0.2) is 42.5 Å². The lowest BCUT2D eigenvalue weighted by atomic mass is 9.84. The summed E-state index contributed by atoms with van der Waals surface area (Å²) in [7, 11) is 0. The highest BCUT2D eigenvalue weighted by molar-refractivity contribution is 6.28. The lowest BCUT2D eigenvalue weighted by Gasteiger charge is -2.18. The minimum absolute atomic E-state index is 0.0743.